The summed E-state index contributed by atoms with van der Waals surface area (Å²) in [5, 5.41) is 7.68. The van der Waals surface area contributed by atoms with Gasteiger partial charge in [-0.15, -0.1) is 0 Å². The zero-order chi connectivity index (χ0) is 10.3. The molecule has 0 saturated carbocycles. The average Bonchev–Trinajstić information content (AvgIpc) is 2.78. The molecule has 0 radical (unpaired) electrons. The first kappa shape index (κ1) is 10.2. The SMILES string of the molecule is [CH3][Ta]([CH3])([CH3])([C]1=CC=CC1)[C]1=CC=CC1. The average molecular weight is 356 g/mol. The van der Waals surface area contributed by atoms with E-state index in [1.807, 2.05) is 0 Å². The summed E-state index contributed by atoms with van der Waals surface area (Å²) in [5.74, 6) is 0. The third-order valence-electron chi connectivity index (χ3n) is 3.51. The minimum absolute atomic E-state index is 1.20. The van der Waals surface area contributed by atoms with Gasteiger partial charge in [0, 0.05) is 0 Å². The molecule has 2 aliphatic carbocycles. The molecule has 0 N–H and O–H groups in total. The molecule has 0 aromatic heterocycles. The molecule has 0 aromatic rings. The van der Waals surface area contributed by atoms with Gasteiger partial charge in [0.1, 0.15) is 0 Å². The quantitative estimate of drug-likeness (QED) is 0.683. The molecular weight excluding hydrogens is 337 g/mol. The van der Waals surface area contributed by atoms with E-state index in [2.05, 4.69) is 51.9 Å². The third-order valence-corrected chi connectivity index (χ3v) is 20.3. The third kappa shape index (κ3) is 1.52. The van der Waals surface area contributed by atoms with E-state index < -0.39 is 15.8 Å². The molecule has 0 aromatic carbocycles. The first-order chi connectivity index (χ1) is 6.49. The maximum absolute atomic E-state index is 2.70. The first-order valence-corrected chi connectivity index (χ1v) is 18.1. The summed E-state index contributed by atoms with van der Waals surface area (Å²) in [7, 11) is 0. The first-order valence-electron chi connectivity index (χ1n) is 5.22. The van der Waals surface area contributed by atoms with E-state index in [0.717, 1.165) is 0 Å². The van der Waals surface area contributed by atoms with E-state index in [1.54, 1.807) is 7.58 Å². The van der Waals surface area contributed by atoms with Crippen LogP contribution in [0.1, 0.15) is 12.8 Å². The van der Waals surface area contributed by atoms with Crippen LogP contribution >= 0.6 is 0 Å². The number of hydrogen-bond donors (Lipinski definition) is 0. The Hall–Kier alpha value is -0.300. The predicted molar refractivity (Wildman–Crippen MR) is 61.3 cm³/mol. The Morgan fingerprint density at radius 3 is 1.57 bits per heavy atom. The van der Waals surface area contributed by atoms with E-state index >= 15 is 0 Å². The van der Waals surface area contributed by atoms with Gasteiger partial charge in [0.25, 0.3) is 0 Å². The van der Waals surface area contributed by atoms with Crippen LogP contribution in [0.25, 0.3) is 0 Å². The number of allylic oxidation sites excluding steroid dienone is 8. The number of hydrogen-bond acceptors (Lipinski definition) is 0. The fraction of sp³-hybridized carbons (Fsp3) is 0.385. The molecule has 2 aliphatic rings. The topological polar surface area (TPSA) is 0 Å². The van der Waals surface area contributed by atoms with Crippen LogP contribution < -0.4 is 0 Å². The van der Waals surface area contributed by atoms with E-state index in [4.69, 9.17) is 0 Å². The molecule has 0 bridgehead atoms. The van der Waals surface area contributed by atoms with Crippen LogP contribution in [0.2, 0.25) is 15.4 Å². The van der Waals surface area contributed by atoms with Crippen molar-refractivity contribution in [1.29, 1.82) is 0 Å². The van der Waals surface area contributed by atoms with Gasteiger partial charge in [0.2, 0.25) is 0 Å². The van der Waals surface area contributed by atoms with Crippen LogP contribution in [0.4, 0.5) is 0 Å². The second-order valence-corrected chi connectivity index (χ2v) is 29.6. The van der Waals surface area contributed by atoms with E-state index in [1.165, 1.54) is 12.8 Å². The van der Waals surface area contributed by atoms with Crippen LogP contribution in [0.3, 0.4) is 0 Å². The molecule has 0 nitrogen and oxygen atoms in total. The molecule has 0 aliphatic heterocycles. The fourth-order valence-corrected chi connectivity index (χ4v) is 13.3. The summed E-state index contributed by atoms with van der Waals surface area (Å²) in [4.78, 5) is 0. The van der Waals surface area contributed by atoms with Crippen LogP contribution in [-0.4, -0.2) is 0 Å². The molecule has 0 unspecified atom stereocenters. The molecule has 14 heavy (non-hydrogen) atoms. The Bertz CT molecular complexity index is 336. The van der Waals surface area contributed by atoms with E-state index in [9.17, 15) is 0 Å². The van der Waals surface area contributed by atoms with Crippen LogP contribution in [0, 0.1) is 0 Å². The van der Waals surface area contributed by atoms with Gasteiger partial charge in [-0.2, -0.15) is 0 Å². The zero-order valence-electron chi connectivity index (χ0n) is 9.33. The van der Waals surface area contributed by atoms with Gasteiger partial charge >= 0.3 is 88.1 Å². The zero-order valence-corrected chi connectivity index (χ0v) is 12.5. The molecule has 0 fully saturated rings. The van der Waals surface area contributed by atoms with Gasteiger partial charge in [0.05, 0.1) is 0 Å². The molecule has 0 heterocycles. The molecule has 2 rings (SSSR count). The van der Waals surface area contributed by atoms with Gasteiger partial charge in [0.15, 0.2) is 0 Å². The standard InChI is InChI=1S/2C5H5.3CH3.Ta/c2*1-2-4-5-3-1;;;;/h2*1-3H,4H2;3*1H3;. The Kier molecular flexibility index (Phi) is 2.26. The monoisotopic (exact) mass is 356 g/mol. The van der Waals surface area contributed by atoms with Crippen molar-refractivity contribution >= 4 is 0 Å². The fourth-order valence-electron chi connectivity index (χ4n) is 2.22. The normalized spacial score (nSPS) is 23.2. The molecule has 0 spiro atoms. The number of rotatable bonds is 2. The second kappa shape index (κ2) is 3.10. The molecular formula is C13H19Ta. The van der Waals surface area contributed by atoms with Crippen molar-refractivity contribution in [2.24, 2.45) is 0 Å². The van der Waals surface area contributed by atoms with Crippen LogP contribution in [0.15, 0.2) is 44.0 Å². The Balaban J connectivity index is 2.36. The Morgan fingerprint density at radius 2 is 1.29 bits per heavy atom. The van der Waals surface area contributed by atoms with Crippen molar-refractivity contribution in [3.8, 4) is 0 Å². The minimum atomic E-state index is -2.70. The van der Waals surface area contributed by atoms with Crippen molar-refractivity contribution in [2.45, 2.75) is 28.3 Å². The van der Waals surface area contributed by atoms with Gasteiger partial charge in [-0.1, -0.05) is 0 Å². The maximum atomic E-state index is 2.56. The van der Waals surface area contributed by atoms with Gasteiger partial charge in [-0.25, -0.2) is 0 Å². The molecule has 1 heteroatoms. The summed E-state index contributed by atoms with van der Waals surface area (Å²) >= 11 is -2.70. The van der Waals surface area contributed by atoms with Crippen molar-refractivity contribution in [3.05, 3.63) is 44.0 Å². The summed E-state index contributed by atoms with van der Waals surface area (Å²) in [6.45, 7) is 0. The summed E-state index contributed by atoms with van der Waals surface area (Å²) in [6.07, 6.45) is 16.2. The van der Waals surface area contributed by atoms with Crippen molar-refractivity contribution in [2.75, 3.05) is 0 Å². The van der Waals surface area contributed by atoms with Gasteiger partial charge < -0.3 is 0 Å². The Morgan fingerprint density at radius 1 is 0.857 bits per heavy atom. The summed E-state index contributed by atoms with van der Waals surface area (Å²) in [6, 6.07) is 0. The van der Waals surface area contributed by atoms with Crippen molar-refractivity contribution in [1.82, 2.24) is 0 Å². The van der Waals surface area contributed by atoms with Crippen molar-refractivity contribution < 1.29 is 15.8 Å². The summed E-state index contributed by atoms with van der Waals surface area (Å²) in [5.41, 5.74) is 0. The molecule has 0 amide bonds. The predicted octanol–water partition coefficient (Wildman–Crippen LogP) is 4.51. The molecule has 76 valence electrons. The van der Waals surface area contributed by atoms with Crippen LogP contribution in [-0.2, 0) is 15.8 Å². The van der Waals surface area contributed by atoms with E-state index in [-0.39, 0.29) is 0 Å². The van der Waals surface area contributed by atoms with E-state index in [0.29, 0.717) is 0 Å². The molecule has 0 atom stereocenters. The molecule has 0 saturated heterocycles. The Labute approximate surface area is 88.0 Å². The summed E-state index contributed by atoms with van der Waals surface area (Å²) < 4.78 is 3.48. The van der Waals surface area contributed by atoms with Crippen molar-refractivity contribution in [3.63, 3.8) is 0 Å². The van der Waals surface area contributed by atoms with Gasteiger partial charge in [-0.3, -0.25) is 0 Å². The van der Waals surface area contributed by atoms with Gasteiger partial charge in [-0.05, 0) is 0 Å². The van der Waals surface area contributed by atoms with Crippen LogP contribution in [0.5, 0.6) is 0 Å². The second-order valence-electron chi connectivity index (χ2n) is 5.38.